The van der Waals surface area contributed by atoms with Gasteiger partial charge in [0, 0.05) is 5.56 Å². The molecule has 3 aromatic rings. The fourth-order valence-corrected chi connectivity index (χ4v) is 2.27. The number of rotatable bonds is 2. The molecule has 0 unspecified atom stereocenters. The molecule has 0 saturated heterocycles. The average Bonchev–Trinajstić information content (AvgIpc) is 2.77. The fourth-order valence-electron chi connectivity index (χ4n) is 2.05. The summed E-state index contributed by atoms with van der Waals surface area (Å²) in [6.07, 6.45) is 0. The number of nitrogens with zero attached hydrogens (tertiary/aromatic N) is 2. The molecule has 0 amide bonds. The zero-order valence-electron chi connectivity index (χ0n) is 9.75. The largest absolute Gasteiger partial charge is 0.477 e. The van der Waals surface area contributed by atoms with Gasteiger partial charge in [0.2, 0.25) is 0 Å². The lowest BCUT2D eigenvalue weighted by Gasteiger charge is -2.05. The number of imidazole rings is 1. The van der Waals surface area contributed by atoms with E-state index in [2.05, 4.69) is 4.98 Å². The Hall–Kier alpha value is -2.33. The molecule has 0 bridgehead atoms. The molecule has 0 atom stereocenters. The van der Waals surface area contributed by atoms with Gasteiger partial charge in [-0.15, -0.1) is 0 Å². The number of carboxylic acids is 1. The number of hydrogen-bond acceptors (Lipinski definition) is 2. The van der Waals surface area contributed by atoms with Crippen molar-refractivity contribution in [3.8, 4) is 11.4 Å². The molecule has 0 fully saturated rings. The maximum Gasteiger partial charge on any atom is 0.352 e. The summed E-state index contributed by atoms with van der Waals surface area (Å²) in [6.45, 7) is 0. The topological polar surface area (TPSA) is 54.6 Å². The number of aromatic carboxylic acids is 1. The first-order valence-corrected chi connectivity index (χ1v) is 6.02. The van der Waals surface area contributed by atoms with E-state index in [4.69, 9.17) is 11.6 Å². The van der Waals surface area contributed by atoms with Gasteiger partial charge in [-0.1, -0.05) is 48.0 Å². The van der Waals surface area contributed by atoms with E-state index in [0.29, 0.717) is 16.5 Å². The fraction of sp³-hybridized carbons (Fsp3) is 0. The van der Waals surface area contributed by atoms with Crippen molar-refractivity contribution in [1.29, 1.82) is 0 Å². The number of aromatic nitrogens is 2. The van der Waals surface area contributed by atoms with Crippen LogP contribution in [0.4, 0.5) is 0 Å². The highest BCUT2D eigenvalue weighted by molar-refractivity contribution is 6.33. The molecule has 3 rings (SSSR count). The van der Waals surface area contributed by atoms with Crippen molar-refractivity contribution in [2.75, 3.05) is 0 Å². The Balaban J connectivity index is 2.40. The van der Waals surface area contributed by atoms with Crippen LogP contribution in [0.1, 0.15) is 10.5 Å². The van der Waals surface area contributed by atoms with E-state index < -0.39 is 5.97 Å². The first kappa shape index (κ1) is 11.7. The quantitative estimate of drug-likeness (QED) is 0.778. The van der Waals surface area contributed by atoms with Crippen molar-refractivity contribution in [3.05, 3.63) is 59.4 Å². The third kappa shape index (κ3) is 1.86. The normalized spacial score (nSPS) is 10.8. The Morgan fingerprint density at radius 2 is 1.84 bits per heavy atom. The van der Waals surface area contributed by atoms with Crippen molar-refractivity contribution in [2.45, 2.75) is 0 Å². The summed E-state index contributed by atoms with van der Waals surface area (Å²) in [5.41, 5.74) is 1.54. The minimum absolute atomic E-state index is 0.135. The molecule has 0 spiro atoms. The zero-order chi connectivity index (χ0) is 13.4. The summed E-state index contributed by atoms with van der Waals surface area (Å²) in [4.78, 5) is 15.6. The SMILES string of the molecule is O=C(O)c1cccc2c(Cl)nc(-c3ccccc3)n12. The van der Waals surface area contributed by atoms with Crippen molar-refractivity contribution in [1.82, 2.24) is 9.38 Å². The Labute approximate surface area is 113 Å². The lowest BCUT2D eigenvalue weighted by Crippen LogP contribution is -2.05. The van der Waals surface area contributed by atoms with Gasteiger partial charge in [0.1, 0.15) is 11.5 Å². The van der Waals surface area contributed by atoms with Crippen LogP contribution < -0.4 is 0 Å². The van der Waals surface area contributed by atoms with Gasteiger partial charge in [-0.3, -0.25) is 4.40 Å². The Morgan fingerprint density at radius 3 is 2.53 bits per heavy atom. The Kier molecular flexibility index (Phi) is 2.72. The molecule has 0 aliphatic heterocycles. The molecule has 0 aliphatic carbocycles. The molecular formula is C14H9ClN2O2. The highest BCUT2D eigenvalue weighted by atomic mass is 35.5. The second-order valence-corrected chi connectivity index (χ2v) is 4.39. The average molecular weight is 273 g/mol. The van der Waals surface area contributed by atoms with E-state index in [1.54, 1.807) is 16.5 Å². The van der Waals surface area contributed by atoms with Gasteiger partial charge in [0.05, 0.1) is 5.52 Å². The van der Waals surface area contributed by atoms with Gasteiger partial charge in [0.15, 0.2) is 5.15 Å². The van der Waals surface area contributed by atoms with E-state index in [-0.39, 0.29) is 5.69 Å². The maximum absolute atomic E-state index is 11.3. The summed E-state index contributed by atoms with van der Waals surface area (Å²) in [5.74, 6) is -0.490. The van der Waals surface area contributed by atoms with E-state index >= 15 is 0 Å². The van der Waals surface area contributed by atoms with Gasteiger partial charge >= 0.3 is 5.97 Å². The molecule has 0 radical (unpaired) electrons. The van der Waals surface area contributed by atoms with Gasteiger partial charge in [-0.2, -0.15) is 0 Å². The number of halogens is 1. The summed E-state index contributed by atoms with van der Waals surface area (Å²) < 4.78 is 1.56. The van der Waals surface area contributed by atoms with Crippen LogP contribution >= 0.6 is 11.6 Å². The predicted octanol–water partition coefficient (Wildman–Crippen LogP) is 3.35. The summed E-state index contributed by atoms with van der Waals surface area (Å²) in [5, 5.41) is 9.57. The molecule has 2 aromatic heterocycles. The highest BCUT2D eigenvalue weighted by Gasteiger charge is 2.16. The summed E-state index contributed by atoms with van der Waals surface area (Å²) >= 11 is 6.08. The number of hydrogen-bond donors (Lipinski definition) is 1. The van der Waals surface area contributed by atoms with Crippen LogP contribution in [0.2, 0.25) is 5.15 Å². The predicted molar refractivity (Wildman–Crippen MR) is 72.6 cm³/mol. The third-order valence-corrected chi connectivity index (χ3v) is 3.15. The summed E-state index contributed by atoms with van der Waals surface area (Å²) in [7, 11) is 0. The molecular weight excluding hydrogens is 264 g/mol. The molecule has 0 saturated carbocycles. The van der Waals surface area contributed by atoms with Crippen LogP contribution in [-0.2, 0) is 0 Å². The van der Waals surface area contributed by atoms with Gasteiger partial charge < -0.3 is 5.11 Å². The van der Waals surface area contributed by atoms with Crippen LogP contribution in [0.15, 0.2) is 48.5 Å². The number of carbonyl (C=O) groups is 1. The first-order valence-electron chi connectivity index (χ1n) is 5.64. The second kappa shape index (κ2) is 4.40. The molecule has 1 N–H and O–H groups in total. The van der Waals surface area contributed by atoms with Gasteiger partial charge in [0.25, 0.3) is 0 Å². The molecule has 2 heterocycles. The first-order chi connectivity index (χ1) is 9.18. The van der Waals surface area contributed by atoms with Gasteiger partial charge in [-0.25, -0.2) is 9.78 Å². The molecule has 0 aliphatic rings. The zero-order valence-corrected chi connectivity index (χ0v) is 10.5. The third-order valence-electron chi connectivity index (χ3n) is 2.87. The molecule has 19 heavy (non-hydrogen) atoms. The molecule has 4 nitrogen and oxygen atoms in total. The second-order valence-electron chi connectivity index (χ2n) is 4.03. The highest BCUT2D eigenvalue weighted by Crippen LogP contribution is 2.27. The number of fused-ring (bicyclic) bond motifs is 1. The van der Waals surface area contributed by atoms with E-state index in [1.165, 1.54) is 6.07 Å². The van der Waals surface area contributed by atoms with Crippen LogP contribution in [0.5, 0.6) is 0 Å². The molecule has 94 valence electrons. The van der Waals surface area contributed by atoms with Gasteiger partial charge in [-0.05, 0) is 12.1 Å². The van der Waals surface area contributed by atoms with Crippen LogP contribution in [0.3, 0.4) is 0 Å². The van der Waals surface area contributed by atoms with Crippen molar-refractivity contribution in [3.63, 3.8) is 0 Å². The van der Waals surface area contributed by atoms with Crippen LogP contribution in [0.25, 0.3) is 16.9 Å². The lowest BCUT2D eigenvalue weighted by atomic mass is 10.2. The molecule has 5 heteroatoms. The van der Waals surface area contributed by atoms with E-state index in [1.807, 2.05) is 30.3 Å². The van der Waals surface area contributed by atoms with Crippen molar-refractivity contribution < 1.29 is 9.90 Å². The number of pyridine rings is 1. The van der Waals surface area contributed by atoms with Crippen LogP contribution in [0, 0.1) is 0 Å². The van der Waals surface area contributed by atoms with Crippen molar-refractivity contribution in [2.24, 2.45) is 0 Å². The smallest absolute Gasteiger partial charge is 0.352 e. The molecule has 1 aromatic carbocycles. The van der Waals surface area contributed by atoms with Crippen molar-refractivity contribution >= 4 is 23.1 Å². The van der Waals surface area contributed by atoms with Crippen LogP contribution in [-0.4, -0.2) is 20.5 Å². The standard InChI is InChI=1S/C14H9ClN2O2/c15-12-10-7-4-8-11(14(18)19)17(10)13(16-12)9-5-2-1-3-6-9/h1-8H,(H,18,19). The Bertz CT molecular complexity index is 766. The number of carboxylic acid groups (broad SMARTS) is 1. The lowest BCUT2D eigenvalue weighted by molar-refractivity contribution is 0.0689. The number of benzene rings is 1. The monoisotopic (exact) mass is 272 g/mol. The maximum atomic E-state index is 11.3. The minimum Gasteiger partial charge on any atom is -0.477 e. The summed E-state index contributed by atoms with van der Waals surface area (Å²) in [6, 6.07) is 14.3. The van der Waals surface area contributed by atoms with E-state index in [9.17, 15) is 9.90 Å². The minimum atomic E-state index is -1.02. The van der Waals surface area contributed by atoms with E-state index in [0.717, 1.165) is 5.56 Å². The Morgan fingerprint density at radius 1 is 1.11 bits per heavy atom.